The number of pyridine rings is 1. The van der Waals surface area contributed by atoms with Gasteiger partial charge in [0.25, 0.3) is 0 Å². The van der Waals surface area contributed by atoms with Crippen LogP contribution in [-0.2, 0) is 6.42 Å². The van der Waals surface area contributed by atoms with Gasteiger partial charge < -0.3 is 10.6 Å². The predicted octanol–water partition coefficient (Wildman–Crippen LogP) is 3.93. The quantitative estimate of drug-likeness (QED) is 0.555. The normalized spacial score (nSPS) is 14.4. The summed E-state index contributed by atoms with van der Waals surface area (Å²) in [7, 11) is 1.83. The largest absolute Gasteiger partial charge is 0.356 e. The Bertz CT molecular complexity index is 622. The average Bonchev–Trinajstić information content (AvgIpc) is 3.11. The summed E-state index contributed by atoms with van der Waals surface area (Å²) in [5, 5.41) is 9.07. The second kappa shape index (κ2) is 10.2. The molecule has 0 aliphatic rings. The van der Waals surface area contributed by atoms with Gasteiger partial charge in [-0.15, -0.1) is 11.3 Å². The van der Waals surface area contributed by atoms with Crippen LogP contribution in [0.5, 0.6) is 0 Å². The molecule has 2 aromatic heterocycles. The third-order valence-corrected chi connectivity index (χ3v) is 5.28. The second-order valence-corrected chi connectivity index (χ2v) is 7.89. The summed E-state index contributed by atoms with van der Waals surface area (Å²) in [5.41, 5.74) is 1.27. The van der Waals surface area contributed by atoms with Crippen molar-refractivity contribution in [3.8, 4) is 0 Å². The number of nitrogens with one attached hydrogen (secondary N) is 2. The summed E-state index contributed by atoms with van der Waals surface area (Å²) in [6, 6.07) is 8.48. The zero-order valence-electron chi connectivity index (χ0n) is 15.7. The number of hydrogen-bond donors (Lipinski definition) is 2. The Morgan fingerprint density at radius 1 is 1.16 bits per heavy atom. The maximum atomic E-state index is 4.36. The topological polar surface area (TPSA) is 49.3 Å². The molecule has 0 radical (unpaired) electrons. The van der Waals surface area contributed by atoms with Gasteiger partial charge in [-0.25, -0.2) is 0 Å². The lowest BCUT2D eigenvalue weighted by molar-refractivity contribution is 0.484. The molecule has 0 saturated carbocycles. The van der Waals surface area contributed by atoms with Crippen LogP contribution in [0.25, 0.3) is 0 Å². The highest BCUT2D eigenvalue weighted by atomic mass is 32.1. The van der Waals surface area contributed by atoms with E-state index in [1.165, 1.54) is 10.4 Å². The van der Waals surface area contributed by atoms with Crippen LogP contribution in [0.3, 0.4) is 0 Å². The van der Waals surface area contributed by atoms with Crippen molar-refractivity contribution in [3.05, 3.63) is 52.5 Å². The second-order valence-electron chi connectivity index (χ2n) is 6.86. The molecule has 2 rings (SSSR count). The first kappa shape index (κ1) is 19.4. The van der Waals surface area contributed by atoms with Gasteiger partial charge in [0.1, 0.15) is 0 Å². The van der Waals surface area contributed by atoms with E-state index in [4.69, 9.17) is 0 Å². The molecule has 4 nitrogen and oxygen atoms in total. The number of nitrogens with zero attached hydrogens (tertiary/aromatic N) is 2. The molecule has 2 unspecified atom stereocenters. The molecule has 0 aliphatic carbocycles. The van der Waals surface area contributed by atoms with Crippen LogP contribution in [0.15, 0.2) is 47.0 Å². The van der Waals surface area contributed by atoms with Crippen molar-refractivity contribution in [1.29, 1.82) is 0 Å². The lowest BCUT2D eigenvalue weighted by Gasteiger charge is -2.23. The van der Waals surface area contributed by atoms with E-state index in [9.17, 15) is 0 Å². The maximum Gasteiger partial charge on any atom is 0.191 e. The molecule has 0 aliphatic heterocycles. The van der Waals surface area contributed by atoms with Gasteiger partial charge in [-0.05, 0) is 41.3 Å². The SMILES string of the molecule is CN=C(NCC(C)Cc1cccs1)NCC(c1cccnc1)C(C)C. The highest BCUT2D eigenvalue weighted by Crippen LogP contribution is 2.22. The first-order valence-corrected chi connectivity index (χ1v) is 9.85. The summed E-state index contributed by atoms with van der Waals surface area (Å²) < 4.78 is 0. The lowest BCUT2D eigenvalue weighted by atomic mass is 9.89. The Balaban J connectivity index is 1.82. The summed E-state index contributed by atoms with van der Waals surface area (Å²) in [6.07, 6.45) is 4.89. The molecule has 0 bridgehead atoms. The van der Waals surface area contributed by atoms with Gasteiger partial charge in [-0.2, -0.15) is 0 Å². The number of aromatic nitrogens is 1. The molecule has 0 spiro atoms. The van der Waals surface area contributed by atoms with Crippen molar-refractivity contribution in [2.75, 3.05) is 20.1 Å². The Labute approximate surface area is 155 Å². The van der Waals surface area contributed by atoms with Crippen molar-refractivity contribution < 1.29 is 0 Å². The minimum absolute atomic E-state index is 0.413. The van der Waals surface area contributed by atoms with Crippen molar-refractivity contribution in [3.63, 3.8) is 0 Å². The van der Waals surface area contributed by atoms with Crippen molar-refractivity contribution in [1.82, 2.24) is 15.6 Å². The molecule has 2 heterocycles. The molecule has 0 amide bonds. The van der Waals surface area contributed by atoms with Crippen LogP contribution in [0.4, 0.5) is 0 Å². The number of guanidine groups is 1. The monoisotopic (exact) mass is 358 g/mol. The smallest absolute Gasteiger partial charge is 0.191 e. The molecule has 0 aromatic carbocycles. The van der Waals surface area contributed by atoms with Crippen LogP contribution in [0.1, 0.15) is 37.1 Å². The fourth-order valence-corrected chi connectivity index (χ4v) is 3.75. The highest BCUT2D eigenvalue weighted by molar-refractivity contribution is 7.09. The van der Waals surface area contributed by atoms with E-state index in [1.807, 2.05) is 36.8 Å². The van der Waals surface area contributed by atoms with Crippen LogP contribution in [-0.4, -0.2) is 31.1 Å². The van der Waals surface area contributed by atoms with E-state index in [0.29, 0.717) is 17.8 Å². The van der Waals surface area contributed by atoms with E-state index in [2.05, 4.69) is 65.0 Å². The summed E-state index contributed by atoms with van der Waals surface area (Å²) in [4.78, 5) is 10.1. The van der Waals surface area contributed by atoms with Crippen molar-refractivity contribution in [2.24, 2.45) is 16.8 Å². The number of aliphatic imine (C=N–C) groups is 1. The molecule has 136 valence electrons. The van der Waals surface area contributed by atoms with Gasteiger partial charge in [-0.3, -0.25) is 9.98 Å². The van der Waals surface area contributed by atoms with Gasteiger partial charge >= 0.3 is 0 Å². The zero-order chi connectivity index (χ0) is 18.1. The number of rotatable bonds is 8. The van der Waals surface area contributed by atoms with Gasteiger partial charge in [0, 0.05) is 43.3 Å². The highest BCUT2D eigenvalue weighted by Gasteiger charge is 2.16. The van der Waals surface area contributed by atoms with Crippen molar-refractivity contribution >= 4 is 17.3 Å². The van der Waals surface area contributed by atoms with Crippen LogP contribution < -0.4 is 10.6 Å². The van der Waals surface area contributed by atoms with Crippen LogP contribution in [0.2, 0.25) is 0 Å². The molecular formula is C20H30N4S. The number of hydrogen-bond acceptors (Lipinski definition) is 3. The molecule has 0 saturated heterocycles. The Morgan fingerprint density at radius 3 is 2.56 bits per heavy atom. The van der Waals surface area contributed by atoms with Gasteiger partial charge in [-0.1, -0.05) is 32.9 Å². The summed E-state index contributed by atoms with van der Waals surface area (Å²) in [5.74, 6) is 2.38. The summed E-state index contributed by atoms with van der Waals surface area (Å²) >= 11 is 1.83. The van der Waals surface area contributed by atoms with E-state index >= 15 is 0 Å². The van der Waals surface area contributed by atoms with Crippen LogP contribution >= 0.6 is 11.3 Å². The molecule has 2 aromatic rings. The molecule has 25 heavy (non-hydrogen) atoms. The number of thiophene rings is 1. The Hall–Kier alpha value is -1.88. The van der Waals surface area contributed by atoms with E-state index in [1.54, 1.807) is 0 Å². The van der Waals surface area contributed by atoms with Gasteiger partial charge in [0.05, 0.1) is 0 Å². The fourth-order valence-electron chi connectivity index (χ4n) is 2.88. The standard InChI is InChI=1S/C20H30N4S/c1-15(2)19(17-7-5-9-22-13-17)14-24-20(21-4)23-12-16(3)11-18-8-6-10-25-18/h5-10,13,15-16,19H,11-12,14H2,1-4H3,(H2,21,23,24). The minimum atomic E-state index is 0.413. The molecule has 2 N–H and O–H groups in total. The molecule has 0 fully saturated rings. The summed E-state index contributed by atoms with van der Waals surface area (Å²) in [6.45, 7) is 8.53. The minimum Gasteiger partial charge on any atom is -0.356 e. The predicted molar refractivity (Wildman–Crippen MR) is 108 cm³/mol. The van der Waals surface area contributed by atoms with E-state index < -0.39 is 0 Å². The third kappa shape index (κ3) is 6.50. The van der Waals surface area contributed by atoms with E-state index in [-0.39, 0.29) is 0 Å². The first-order valence-electron chi connectivity index (χ1n) is 8.97. The Kier molecular flexibility index (Phi) is 7.92. The van der Waals surface area contributed by atoms with Crippen molar-refractivity contribution in [2.45, 2.75) is 33.1 Å². The maximum absolute atomic E-state index is 4.36. The fraction of sp³-hybridized carbons (Fsp3) is 0.500. The molecular weight excluding hydrogens is 328 g/mol. The first-order chi connectivity index (χ1) is 12.1. The van der Waals surface area contributed by atoms with Gasteiger partial charge in [0.15, 0.2) is 5.96 Å². The molecule has 2 atom stereocenters. The Morgan fingerprint density at radius 2 is 1.96 bits per heavy atom. The van der Waals surface area contributed by atoms with E-state index in [0.717, 1.165) is 25.5 Å². The van der Waals surface area contributed by atoms with Crippen LogP contribution in [0, 0.1) is 11.8 Å². The molecule has 5 heteroatoms. The average molecular weight is 359 g/mol. The lowest BCUT2D eigenvalue weighted by Crippen LogP contribution is -2.42. The van der Waals surface area contributed by atoms with Gasteiger partial charge in [0.2, 0.25) is 0 Å². The third-order valence-electron chi connectivity index (χ3n) is 4.38. The zero-order valence-corrected chi connectivity index (χ0v) is 16.5.